The van der Waals surface area contributed by atoms with Gasteiger partial charge in [0, 0.05) is 44.5 Å². The van der Waals surface area contributed by atoms with Crippen LogP contribution in [0.1, 0.15) is 12.8 Å². The highest BCUT2D eigenvalue weighted by atomic mass is 35.5. The number of hydrogen-bond donors (Lipinski definition) is 2. The van der Waals surface area contributed by atoms with Crippen molar-refractivity contribution in [2.45, 2.75) is 23.8 Å². The Hall–Kier alpha value is -0.930. The summed E-state index contributed by atoms with van der Waals surface area (Å²) in [5.74, 6) is -0.0770. The third kappa shape index (κ3) is 5.69. The van der Waals surface area contributed by atoms with Gasteiger partial charge in [0.25, 0.3) is 0 Å². The van der Waals surface area contributed by atoms with Crippen molar-refractivity contribution in [2.75, 3.05) is 19.6 Å². The van der Waals surface area contributed by atoms with Crippen molar-refractivity contribution in [3.63, 3.8) is 0 Å². The lowest BCUT2D eigenvalue weighted by Gasteiger charge is -2.15. The molecule has 0 aromatic carbocycles. The largest absolute Gasteiger partial charge is 0.341 e. The number of halogens is 2. The second kappa shape index (κ2) is 9.26. The summed E-state index contributed by atoms with van der Waals surface area (Å²) < 4.78 is 26.2. The molecule has 1 aromatic rings. The molecule has 1 atom stereocenters. The van der Waals surface area contributed by atoms with E-state index >= 15 is 0 Å². The van der Waals surface area contributed by atoms with Gasteiger partial charge in [-0.2, -0.15) is 0 Å². The molecule has 1 amide bonds. The number of carbonyl (C=O) groups excluding carboxylic acids is 1. The smallest absolute Gasteiger partial charge is 0.242 e. The van der Waals surface area contributed by atoms with Gasteiger partial charge in [-0.05, 0) is 18.6 Å². The highest BCUT2D eigenvalue weighted by molar-refractivity contribution is 7.89. The minimum Gasteiger partial charge on any atom is -0.341 e. The molecule has 0 bridgehead atoms. The Labute approximate surface area is 142 Å². The Kier molecular flexibility index (Phi) is 8.87. The van der Waals surface area contributed by atoms with E-state index in [1.165, 1.54) is 18.5 Å². The number of nitrogens with zero attached hydrogens (tertiary/aromatic N) is 2. The molecule has 1 saturated heterocycles. The highest BCUT2D eigenvalue weighted by Crippen LogP contribution is 2.09. The fourth-order valence-corrected chi connectivity index (χ4v) is 3.05. The van der Waals surface area contributed by atoms with Crippen LogP contribution in [0, 0.1) is 0 Å². The van der Waals surface area contributed by atoms with E-state index in [4.69, 9.17) is 5.73 Å². The molecule has 0 saturated carbocycles. The third-order valence-electron chi connectivity index (χ3n) is 3.15. The molecule has 0 aliphatic carbocycles. The third-order valence-corrected chi connectivity index (χ3v) is 4.60. The Balaban J connectivity index is 0.00000220. The molecule has 126 valence electrons. The number of nitrogens with one attached hydrogen (secondary N) is 1. The average molecular weight is 371 g/mol. The van der Waals surface area contributed by atoms with Crippen molar-refractivity contribution in [3.8, 4) is 0 Å². The normalized spacial score (nSPS) is 17.5. The fraction of sp³-hybridized carbons (Fsp3) is 0.500. The maximum Gasteiger partial charge on any atom is 0.242 e. The predicted molar refractivity (Wildman–Crippen MR) is 87.7 cm³/mol. The van der Waals surface area contributed by atoms with Crippen LogP contribution in [0.25, 0.3) is 0 Å². The van der Waals surface area contributed by atoms with Gasteiger partial charge < -0.3 is 10.6 Å². The fourth-order valence-electron chi connectivity index (χ4n) is 2.05. The van der Waals surface area contributed by atoms with Crippen LogP contribution in [0.2, 0.25) is 0 Å². The van der Waals surface area contributed by atoms with Crippen molar-refractivity contribution in [1.29, 1.82) is 0 Å². The molecule has 0 radical (unpaired) electrons. The Bertz CT molecular complexity index is 571. The summed E-state index contributed by atoms with van der Waals surface area (Å²) in [6, 6.07) is 3.04. The molecule has 1 aliphatic heterocycles. The minimum atomic E-state index is -3.60. The second-order valence-electron chi connectivity index (χ2n) is 4.73. The maximum absolute atomic E-state index is 11.9. The summed E-state index contributed by atoms with van der Waals surface area (Å²) in [6.07, 6.45) is 3.70. The lowest BCUT2D eigenvalue weighted by Crippen LogP contribution is -2.34. The molecule has 7 nitrogen and oxygen atoms in total. The van der Waals surface area contributed by atoms with E-state index in [0.29, 0.717) is 13.1 Å². The first-order valence-electron chi connectivity index (χ1n) is 6.42. The summed E-state index contributed by atoms with van der Waals surface area (Å²) in [5, 5.41) is 0. The quantitative estimate of drug-likeness (QED) is 0.767. The molecule has 1 aliphatic rings. The van der Waals surface area contributed by atoms with Gasteiger partial charge in [-0.3, -0.25) is 9.78 Å². The molecule has 2 heterocycles. The molecule has 10 heteroatoms. The monoisotopic (exact) mass is 370 g/mol. The number of amides is 1. The number of likely N-dealkylation sites (tertiary alicyclic amines) is 1. The number of nitrogens with two attached hydrogens (primary N) is 1. The molecule has 0 unspecified atom stereocenters. The van der Waals surface area contributed by atoms with E-state index in [-0.39, 0.29) is 54.6 Å². The minimum absolute atomic E-state index is 0. The molecule has 1 aromatic heterocycles. The van der Waals surface area contributed by atoms with E-state index in [1.54, 1.807) is 11.0 Å². The molecular weight excluding hydrogens is 351 g/mol. The Morgan fingerprint density at radius 3 is 2.73 bits per heavy atom. The van der Waals surface area contributed by atoms with E-state index in [9.17, 15) is 13.2 Å². The molecule has 22 heavy (non-hydrogen) atoms. The zero-order chi connectivity index (χ0) is 14.6. The molecule has 1 fully saturated rings. The van der Waals surface area contributed by atoms with Gasteiger partial charge in [0.15, 0.2) is 0 Å². The first kappa shape index (κ1) is 21.1. The van der Waals surface area contributed by atoms with E-state index in [1.807, 2.05) is 0 Å². The lowest BCUT2D eigenvalue weighted by atomic mass is 10.3. The van der Waals surface area contributed by atoms with E-state index in [2.05, 4.69) is 9.71 Å². The van der Waals surface area contributed by atoms with Gasteiger partial charge in [-0.25, -0.2) is 13.1 Å². The van der Waals surface area contributed by atoms with Crippen molar-refractivity contribution in [2.24, 2.45) is 5.73 Å². The van der Waals surface area contributed by atoms with Crippen LogP contribution in [0.15, 0.2) is 29.4 Å². The van der Waals surface area contributed by atoms with Crippen molar-refractivity contribution in [3.05, 3.63) is 24.5 Å². The maximum atomic E-state index is 11.9. The van der Waals surface area contributed by atoms with Crippen molar-refractivity contribution in [1.82, 2.24) is 14.6 Å². The number of hydrogen-bond acceptors (Lipinski definition) is 5. The van der Waals surface area contributed by atoms with E-state index < -0.39 is 10.0 Å². The van der Waals surface area contributed by atoms with Crippen LogP contribution in [0.4, 0.5) is 0 Å². The standard InChI is InChI=1S/C12H18N4O3S.2ClH/c13-10-4-7-16(9-10)12(17)3-6-15-20(18,19)11-2-1-5-14-8-11;;/h1-2,5,8,10,15H,3-4,6-7,9,13H2;2*1H/t10-;;/m1../s1. The van der Waals surface area contributed by atoms with Crippen LogP contribution in [0.3, 0.4) is 0 Å². The highest BCUT2D eigenvalue weighted by Gasteiger charge is 2.23. The van der Waals surface area contributed by atoms with Crippen LogP contribution >= 0.6 is 24.8 Å². The van der Waals surface area contributed by atoms with Crippen molar-refractivity contribution < 1.29 is 13.2 Å². The van der Waals surface area contributed by atoms with Crippen LogP contribution in [0.5, 0.6) is 0 Å². The van der Waals surface area contributed by atoms with Crippen LogP contribution in [-0.4, -0.2) is 49.9 Å². The summed E-state index contributed by atoms with van der Waals surface area (Å²) >= 11 is 0. The topological polar surface area (TPSA) is 105 Å². The Morgan fingerprint density at radius 2 is 2.18 bits per heavy atom. The number of rotatable bonds is 5. The first-order valence-corrected chi connectivity index (χ1v) is 7.90. The number of sulfonamides is 1. The van der Waals surface area contributed by atoms with Gasteiger partial charge in [0.2, 0.25) is 15.9 Å². The van der Waals surface area contributed by atoms with Crippen molar-refractivity contribution >= 4 is 40.7 Å². The van der Waals surface area contributed by atoms with Gasteiger partial charge in [-0.1, -0.05) is 0 Å². The van der Waals surface area contributed by atoms with Gasteiger partial charge >= 0.3 is 0 Å². The molecule has 0 spiro atoms. The van der Waals surface area contributed by atoms with E-state index in [0.717, 1.165) is 6.42 Å². The average Bonchev–Trinajstić information content (AvgIpc) is 2.86. The van der Waals surface area contributed by atoms with Gasteiger partial charge in [0.05, 0.1) is 0 Å². The lowest BCUT2D eigenvalue weighted by molar-refractivity contribution is -0.130. The zero-order valence-corrected chi connectivity index (χ0v) is 14.3. The predicted octanol–water partition coefficient (Wildman–Crippen LogP) is 0.153. The Morgan fingerprint density at radius 1 is 1.45 bits per heavy atom. The number of carbonyl (C=O) groups is 1. The zero-order valence-electron chi connectivity index (χ0n) is 11.8. The summed E-state index contributed by atoms with van der Waals surface area (Å²) in [6.45, 7) is 1.27. The summed E-state index contributed by atoms with van der Waals surface area (Å²) in [5.41, 5.74) is 5.72. The van der Waals surface area contributed by atoms with Crippen LogP contribution in [-0.2, 0) is 14.8 Å². The number of aromatic nitrogens is 1. The molecular formula is C12H20Cl2N4O3S. The number of pyridine rings is 1. The molecule has 3 N–H and O–H groups in total. The summed E-state index contributed by atoms with van der Waals surface area (Å²) in [7, 11) is -3.60. The SMILES string of the molecule is Cl.Cl.N[C@@H]1CCN(C(=O)CCNS(=O)(=O)c2cccnc2)C1. The first-order chi connectivity index (χ1) is 9.49. The second-order valence-corrected chi connectivity index (χ2v) is 6.49. The van der Waals surface area contributed by atoms with Gasteiger partial charge in [-0.15, -0.1) is 24.8 Å². The molecule has 2 rings (SSSR count). The van der Waals surface area contributed by atoms with Gasteiger partial charge in [0.1, 0.15) is 4.90 Å². The summed E-state index contributed by atoms with van der Waals surface area (Å²) in [4.78, 5) is 17.4. The van der Waals surface area contributed by atoms with Crippen LogP contribution < -0.4 is 10.5 Å².